The monoisotopic (exact) mass is 400 g/mol. The number of urea groups is 1. The SMILES string of the molecule is COCCOC(=O)C1=C(C)N(C(C)C)C(=O)N[C@H]1c1ccccc1C(F)(F)F. The number of benzene rings is 1. The summed E-state index contributed by atoms with van der Waals surface area (Å²) in [5.74, 6) is -0.804. The van der Waals surface area contributed by atoms with Crippen LogP contribution >= 0.6 is 0 Å². The third kappa shape index (κ3) is 4.46. The molecule has 0 aromatic heterocycles. The van der Waals surface area contributed by atoms with Crippen molar-refractivity contribution in [1.82, 2.24) is 10.2 Å². The van der Waals surface area contributed by atoms with Gasteiger partial charge in [0.25, 0.3) is 0 Å². The van der Waals surface area contributed by atoms with Gasteiger partial charge in [0.2, 0.25) is 0 Å². The highest BCUT2D eigenvalue weighted by Crippen LogP contribution is 2.39. The van der Waals surface area contributed by atoms with Crippen LogP contribution < -0.4 is 5.32 Å². The third-order valence-corrected chi connectivity index (χ3v) is 4.36. The lowest BCUT2D eigenvalue weighted by atomic mass is 9.91. The van der Waals surface area contributed by atoms with Crippen molar-refractivity contribution >= 4 is 12.0 Å². The Morgan fingerprint density at radius 3 is 2.46 bits per heavy atom. The molecule has 0 unspecified atom stereocenters. The zero-order valence-corrected chi connectivity index (χ0v) is 16.1. The van der Waals surface area contributed by atoms with Crippen LogP contribution in [0.15, 0.2) is 35.5 Å². The lowest BCUT2D eigenvalue weighted by molar-refractivity contribution is -0.142. The number of esters is 1. The van der Waals surface area contributed by atoms with Gasteiger partial charge in [-0.3, -0.25) is 4.90 Å². The zero-order chi connectivity index (χ0) is 21.1. The van der Waals surface area contributed by atoms with Crippen LogP contribution in [0.2, 0.25) is 0 Å². The van der Waals surface area contributed by atoms with Gasteiger partial charge in [-0.2, -0.15) is 13.2 Å². The van der Waals surface area contributed by atoms with E-state index in [-0.39, 0.29) is 36.1 Å². The first kappa shape index (κ1) is 21.7. The molecule has 6 nitrogen and oxygen atoms in total. The molecule has 2 amide bonds. The van der Waals surface area contributed by atoms with Crippen molar-refractivity contribution in [2.75, 3.05) is 20.3 Å². The van der Waals surface area contributed by atoms with Crippen molar-refractivity contribution in [3.63, 3.8) is 0 Å². The maximum Gasteiger partial charge on any atom is 0.416 e. The number of methoxy groups -OCH3 is 1. The number of rotatable bonds is 6. The molecule has 1 aromatic rings. The Morgan fingerprint density at radius 1 is 1.25 bits per heavy atom. The summed E-state index contributed by atoms with van der Waals surface area (Å²) in [4.78, 5) is 26.6. The summed E-state index contributed by atoms with van der Waals surface area (Å²) in [6.07, 6.45) is -4.64. The number of ether oxygens (including phenoxy) is 2. The van der Waals surface area contributed by atoms with Crippen LogP contribution in [0.1, 0.15) is 37.9 Å². The van der Waals surface area contributed by atoms with Crippen LogP contribution in [0, 0.1) is 0 Å². The molecule has 0 radical (unpaired) electrons. The van der Waals surface area contributed by atoms with Gasteiger partial charge >= 0.3 is 18.2 Å². The number of hydrogen-bond donors (Lipinski definition) is 1. The number of amides is 2. The molecule has 0 fully saturated rings. The molecule has 1 heterocycles. The van der Waals surface area contributed by atoms with E-state index < -0.39 is 29.8 Å². The van der Waals surface area contributed by atoms with Crippen LogP contribution in [0.25, 0.3) is 0 Å². The number of hydrogen-bond acceptors (Lipinski definition) is 4. The van der Waals surface area contributed by atoms with Crippen molar-refractivity contribution in [2.24, 2.45) is 0 Å². The van der Waals surface area contributed by atoms with E-state index in [0.717, 1.165) is 6.07 Å². The first-order valence-electron chi connectivity index (χ1n) is 8.72. The lowest BCUT2D eigenvalue weighted by Crippen LogP contribution is -2.50. The normalized spacial score (nSPS) is 17.8. The van der Waals surface area contributed by atoms with E-state index in [2.05, 4.69) is 5.32 Å². The molecule has 0 bridgehead atoms. The molecular weight excluding hydrogens is 377 g/mol. The van der Waals surface area contributed by atoms with Crippen molar-refractivity contribution in [1.29, 1.82) is 0 Å². The van der Waals surface area contributed by atoms with Gasteiger partial charge < -0.3 is 14.8 Å². The Morgan fingerprint density at radius 2 is 1.89 bits per heavy atom. The van der Waals surface area contributed by atoms with Crippen LogP contribution in [0.5, 0.6) is 0 Å². The number of halogens is 3. The Hall–Kier alpha value is -2.55. The summed E-state index contributed by atoms with van der Waals surface area (Å²) < 4.78 is 50.5. The number of carbonyl (C=O) groups is 2. The van der Waals surface area contributed by atoms with E-state index in [4.69, 9.17) is 9.47 Å². The predicted molar refractivity (Wildman–Crippen MR) is 95.2 cm³/mol. The summed E-state index contributed by atoms with van der Waals surface area (Å²) in [5.41, 5.74) is -0.928. The number of allylic oxidation sites excluding steroid dienone is 1. The fraction of sp³-hybridized carbons (Fsp3) is 0.474. The second-order valence-corrected chi connectivity index (χ2v) is 6.56. The molecule has 154 valence electrons. The van der Waals surface area contributed by atoms with Gasteiger partial charge in [-0.1, -0.05) is 18.2 Å². The van der Waals surface area contributed by atoms with Gasteiger partial charge in [-0.15, -0.1) is 0 Å². The third-order valence-electron chi connectivity index (χ3n) is 4.36. The zero-order valence-electron chi connectivity index (χ0n) is 16.1. The first-order valence-corrected chi connectivity index (χ1v) is 8.72. The molecule has 0 aliphatic carbocycles. The van der Waals surface area contributed by atoms with E-state index in [0.29, 0.717) is 0 Å². The maximum absolute atomic E-state index is 13.5. The first-order chi connectivity index (χ1) is 13.1. The smallest absolute Gasteiger partial charge is 0.416 e. The van der Waals surface area contributed by atoms with Gasteiger partial charge in [0.05, 0.1) is 23.8 Å². The Labute approximate surface area is 161 Å². The molecule has 1 aliphatic heterocycles. The summed E-state index contributed by atoms with van der Waals surface area (Å²) in [6.45, 7) is 5.08. The highest BCUT2D eigenvalue weighted by molar-refractivity contribution is 5.95. The average molecular weight is 400 g/mol. The highest BCUT2D eigenvalue weighted by atomic mass is 19.4. The van der Waals surface area contributed by atoms with E-state index in [1.165, 1.54) is 37.1 Å². The van der Waals surface area contributed by atoms with Gasteiger partial charge in [0.15, 0.2) is 0 Å². The Kier molecular flexibility index (Phi) is 6.71. The summed E-state index contributed by atoms with van der Waals surface area (Å²) in [7, 11) is 1.43. The maximum atomic E-state index is 13.5. The second kappa shape index (κ2) is 8.64. The fourth-order valence-electron chi connectivity index (χ4n) is 3.18. The molecule has 0 saturated heterocycles. The standard InChI is InChI=1S/C19H23F3N2O4/c1-11(2)24-12(3)15(17(25)28-10-9-27-4)16(23-18(24)26)13-7-5-6-8-14(13)19(20,21)22/h5-8,11,16H,9-10H2,1-4H3,(H,23,26)/t16-/m0/s1. The minimum Gasteiger partial charge on any atom is -0.460 e. The molecule has 1 N–H and O–H groups in total. The Balaban J connectivity index is 2.59. The second-order valence-electron chi connectivity index (χ2n) is 6.56. The molecule has 0 spiro atoms. The van der Waals surface area contributed by atoms with E-state index in [1.54, 1.807) is 13.8 Å². The Bertz CT molecular complexity index is 775. The molecule has 28 heavy (non-hydrogen) atoms. The molecule has 1 atom stereocenters. The van der Waals surface area contributed by atoms with E-state index >= 15 is 0 Å². The number of alkyl halides is 3. The number of carbonyl (C=O) groups excluding carboxylic acids is 2. The summed E-state index contributed by atoms with van der Waals surface area (Å²) in [6, 6.07) is 2.67. The highest BCUT2D eigenvalue weighted by Gasteiger charge is 2.42. The van der Waals surface area contributed by atoms with Crippen molar-refractivity contribution in [2.45, 2.75) is 39.0 Å². The van der Waals surface area contributed by atoms with Crippen LogP contribution in [0.4, 0.5) is 18.0 Å². The molecule has 0 saturated carbocycles. The van der Waals surface area contributed by atoms with Crippen molar-refractivity contribution < 1.29 is 32.2 Å². The van der Waals surface area contributed by atoms with Gasteiger partial charge in [0, 0.05) is 18.8 Å². The van der Waals surface area contributed by atoms with Gasteiger partial charge in [-0.25, -0.2) is 9.59 Å². The fourth-order valence-corrected chi connectivity index (χ4v) is 3.18. The number of nitrogens with one attached hydrogen (secondary N) is 1. The van der Waals surface area contributed by atoms with Gasteiger partial charge in [-0.05, 0) is 32.4 Å². The van der Waals surface area contributed by atoms with Crippen LogP contribution in [0.3, 0.4) is 0 Å². The molecular formula is C19H23F3N2O4. The van der Waals surface area contributed by atoms with Crippen molar-refractivity contribution in [3.8, 4) is 0 Å². The minimum atomic E-state index is -4.64. The molecule has 1 aromatic carbocycles. The topological polar surface area (TPSA) is 67.9 Å². The molecule has 2 rings (SSSR count). The summed E-state index contributed by atoms with van der Waals surface area (Å²) >= 11 is 0. The summed E-state index contributed by atoms with van der Waals surface area (Å²) in [5, 5.41) is 2.53. The van der Waals surface area contributed by atoms with Crippen LogP contribution in [-0.2, 0) is 20.4 Å². The predicted octanol–water partition coefficient (Wildman–Crippen LogP) is 3.64. The van der Waals surface area contributed by atoms with Crippen LogP contribution in [-0.4, -0.2) is 43.3 Å². The molecule has 9 heteroatoms. The quantitative estimate of drug-likeness (QED) is 0.585. The minimum absolute atomic E-state index is 0.0406. The van der Waals surface area contributed by atoms with Crippen molar-refractivity contribution in [3.05, 3.63) is 46.7 Å². The van der Waals surface area contributed by atoms with E-state index in [9.17, 15) is 22.8 Å². The molecule has 1 aliphatic rings. The largest absolute Gasteiger partial charge is 0.460 e. The lowest BCUT2D eigenvalue weighted by Gasteiger charge is -2.38. The average Bonchev–Trinajstić information content (AvgIpc) is 2.60. The van der Waals surface area contributed by atoms with E-state index in [1.807, 2.05) is 0 Å². The van der Waals surface area contributed by atoms with Gasteiger partial charge in [0.1, 0.15) is 6.61 Å². The number of nitrogens with zero attached hydrogens (tertiary/aromatic N) is 1.